The predicted octanol–water partition coefficient (Wildman–Crippen LogP) is 4.95. The molecule has 0 atom stereocenters. The molecule has 0 saturated heterocycles. The Morgan fingerprint density at radius 3 is 2.00 bits per heavy atom. The van der Waals surface area contributed by atoms with Crippen molar-refractivity contribution in [1.82, 2.24) is 0 Å². The number of hydrogen-bond acceptors (Lipinski definition) is 0. The highest BCUT2D eigenvalue weighted by atomic mass is 35.5. The van der Waals surface area contributed by atoms with Crippen molar-refractivity contribution in [3.8, 4) is 0 Å². The smallest absolute Gasteiger partial charge is 0.0335 e. The van der Waals surface area contributed by atoms with E-state index in [2.05, 4.69) is 43.3 Å². The number of alkyl halides is 2. The second-order valence-electron chi connectivity index (χ2n) is 5.02. The molecule has 0 aliphatic rings. The van der Waals surface area contributed by atoms with Gasteiger partial charge in [-0.15, -0.1) is 23.2 Å². The van der Waals surface area contributed by atoms with Crippen molar-refractivity contribution < 1.29 is 0 Å². The minimum atomic E-state index is -0.198. The van der Waals surface area contributed by atoms with Gasteiger partial charge in [0.05, 0.1) is 0 Å². The van der Waals surface area contributed by atoms with E-state index in [0.29, 0.717) is 11.8 Å². The van der Waals surface area contributed by atoms with Crippen molar-refractivity contribution in [2.45, 2.75) is 18.8 Å². The summed E-state index contributed by atoms with van der Waals surface area (Å²) in [5, 5.41) is 0. The van der Waals surface area contributed by atoms with E-state index in [0.717, 1.165) is 6.42 Å². The Bertz CT molecular complexity index is 516. The van der Waals surface area contributed by atoms with Crippen LogP contribution in [-0.4, -0.2) is 11.8 Å². The van der Waals surface area contributed by atoms with E-state index in [1.165, 1.54) is 16.7 Å². The van der Waals surface area contributed by atoms with Crippen molar-refractivity contribution in [1.29, 1.82) is 0 Å². The van der Waals surface area contributed by atoms with Gasteiger partial charge in [-0.25, -0.2) is 0 Å². The minimum Gasteiger partial charge on any atom is -0.126 e. The molecule has 100 valence electrons. The van der Waals surface area contributed by atoms with Gasteiger partial charge in [0, 0.05) is 17.2 Å². The lowest BCUT2D eigenvalue weighted by Crippen LogP contribution is -2.33. The highest BCUT2D eigenvalue weighted by molar-refractivity contribution is 6.22. The van der Waals surface area contributed by atoms with Gasteiger partial charge in [0.15, 0.2) is 0 Å². The molecule has 0 fully saturated rings. The third-order valence-electron chi connectivity index (χ3n) is 3.69. The summed E-state index contributed by atoms with van der Waals surface area (Å²) in [5.74, 6) is 1.05. The topological polar surface area (TPSA) is 0 Å². The summed E-state index contributed by atoms with van der Waals surface area (Å²) >= 11 is 12.6. The Kier molecular flexibility index (Phi) is 4.90. The molecule has 0 heterocycles. The Hall–Kier alpha value is -0.980. The van der Waals surface area contributed by atoms with Crippen LogP contribution >= 0.6 is 23.2 Å². The van der Waals surface area contributed by atoms with Gasteiger partial charge < -0.3 is 0 Å². The zero-order chi connectivity index (χ0) is 13.7. The molecule has 0 aromatic heterocycles. The van der Waals surface area contributed by atoms with Crippen LogP contribution in [0.2, 0.25) is 0 Å². The van der Waals surface area contributed by atoms with Crippen LogP contribution in [0, 0.1) is 6.92 Å². The fraction of sp³-hybridized carbons (Fsp3) is 0.294. The minimum absolute atomic E-state index is 0.198. The van der Waals surface area contributed by atoms with Crippen LogP contribution in [-0.2, 0) is 11.8 Å². The molecule has 2 aromatic carbocycles. The highest BCUT2D eigenvalue weighted by Crippen LogP contribution is 2.32. The molecule has 0 spiro atoms. The highest BCUT2D eigenvalue weighted by Gasteiger charge is 2.31. The molecule has 2 aromatic rings. The van der Waals surface area contributed by atoms with Gasteiger partial charge in [0.2, 0.25) is 0 Å². The molecular formula is C17H18Cl2. The van der Waals surface area contributed by atoms with Gasteiger partial charge in [-0.2, -0.15) is 0 Å². The van der Waals surface area contributed by atoms with E-state index < -0.39 is 0 Å². The van der Waals surface area contributed by atoms with Crippen LogP contribution in [0.25, 0.3) is 0 Å². The van der Waals surface area contributed by atoms with Gasteiger partial charge in [-0.1, -0.05) is 54.6 Å². The summed E-state index contributed by atoms with van der Waals surface area (Å²) in [4.78, 5) is 0. The van der Waals surface area contributed by atoms with Crippen molar-refractivity contribution in [2.24, 2.45) is 0 Å². The van der Waals surface area contributed by atoms with E-state index in [1.54, 1.807) is 0 Å². The third-order valence-corrected chi connectivity index (χ3v) is 4.71. The zero-order valence-corrected chi connectivity index (χ0v) is 12.6. The number of benzene rings is 2. The van der Waals surface area contributed by atoms with Crippen LogP contribution in [0.1, 0.15) is 16.7 Å². The Labute approximate surface area is 125 Å². The first-order chi connectivity index (χ1) is 9.22. The molecular weight excluding hydrogens is 275 g/mol. The fourth-order valence-electron chi connectivity index (χ4n) is 2.35. The average molecular weight is 293 g/mol. The maximum Gasteiger partial charge on any atom is 0.0335 e. The van der Waals surface area contributed by atoms with E-state index in [1.807, 2.05) is 18.2 Å². The monoisotopic (exact) mass is 292 g/mol. The molecule has 0 unspecified atom stereocenters. The van der Waals surface area contributed by atoms with Crippen molar-refractivity contribution in [3.63, 3.8) is 0 Å². The normalized spacial score (nSPS) is 11.5. The number of rotatable bonds is 5. The predicted molar refractivity (Wildman–Crippen MR) is 84.4 cm³/mol. The van der Waals surface area contributed by atoms with Gasteiger partial charge >= 0.3 is 0 Å². The lowest BCUT2D eigenvalue weighted by molar-refractivity contribution is 0.535. The molecule has 19 heavy (non-hydrogen) atoms. The number of halogens is 2. The van der Waals surface area contributed by atoms with Gasteiger partial charge in [0.25, 0.3) is 0 Å². The number of aryl methyl sites for hydroxylation is 1. The molecule has 0 saturated carbocycles. The van der Waals surface area contributed by atoms with Gasteiger partial charge in [-0.05, 0) is 30.0 Å². The second-order valence-corrected chi connectivity index (χ2v) is 5.55. The molecule has 2 heteroatoms. The van der Waals surface area contributed by atoms with E-state index >= 15 is 0 Å². The Morgan fingerprint density at radius 1 is 0.842 bits per heavy atom. The lowest BCUT2D eigenvalue weighted by atomic mass is 9.78. The van der Waals surface area contributed by atoms with E-state index in [9.17, 15) is 0 Å². The SMILES string of the molecule is Cc1ccccc1CC(CCl)(CCl)c1ccccc1. The molecule has 2 rings (SSSR count). The van der Waals surface area contributed by atoms with Crippen molar-refractivity contribution in [3.05, 3.63) is 71.3 Å². The molecule has 0 N–H and O–H groups in total. The van der Waals surface area contributed by atoms with Crippen molar-refractivity contribution in [2.75, 3.05) is 11.8 Å². The fourth-order valence-corrected chi connectivity index (χ4v) is 3.13. The second kappa shape index (κ2) is 6.45. The first kappa shape index (κ1) is 14.4. The third kappa shape index (κ3) is 3.13. The molecule has 0 bridgehead atoms. The maximum atomic E-state index is 6.28. The first-order valence-corrected chi connectivity index (χ1v) is 7.51. The van der Waals surface area contributed by atoms with E-state index in [-0.39, 0.29) is 5.41 Å². The van der Waals surface area contributed by atoms with Crippen LogP contribution in [0.15, 0.2) is 54.6 Å². The first-order valence-electron chi connectivity index (χ1n) is 6.44. The van der Waals surface area contributed by atoms with Crippen LogP contribution in [0.4, 0.5) is 0 Å². The lowest BCUT2D eigenvalue weighted by Gasteiger charge is -2.31. The molecule has 0 radical (unpaired) electrons. The summed E-state index contributed by atoms with van der Waals surface area (Å²) < 4.78 is 0. The van der Waals surface area contributed by atoms with Crippen LogP contribution in [0.5, 0.6) is 0 Å². The quantitative estimate of drug-likeness (QED) is 0.684. The standard InChI is InChI=1S/C17H18Cl2/c1-14-7-5-6-8-15(14)11-17(12-18,13-19)16-9-3-2-4-10-16/h2-10H,11-13H2,1H3. The largest absolute Gasteiger partial charge is 0.126 e. The molecule has 0 aliphatic heterocycles. The van der Waals surface area contributed by atoms with Crippen LogP contribution in [0.3, 0.4) is 0 Å². The summed E-state index contributed by atoms with van der Waals surface area (Å²) in [5.41, 5.74) is 3.62. The van der Waals surface area contributed by atoms with Gasteiger partial charge in [0.1, 0.15) is 0 Å². The summed E-state index contributed by atoms with van der Waals surface area (Å²) in [7, 11) is 0. The summed E-state index contributed by atoms with van der Waals surface area (Å²) in [6.45, 7) is 2.13. The van der Waals surface area contributed by atoms with Crippen LogP contribution < -0.4 is 0 Å². The summed E-state index contributed by atoms with van der Waals surface area (Å²) in [6, 6.07) is 18.8. The number of hydrogen-bond donors (Lipinski definition) is 0. The Balaban J connectivity index is 2.38. The summed E-state index contributed by atoms with van der Waals surface area (Å²) in [6.07, 6.45) is 0.872. The maximum absolute atomic E-state index is 6.28. The van der Waals surface area contributed by atoms with E-state index in [4.69, 9.17) is 23.2 Å². The van der Waals surface area contributed by atoms with Crippen molar-refractivity contribution >= 4 is 23.2 Å². The van der Waals surface area contributed by atoms with Gasteiger partial charge in [-0.3, -0.25) is 0 Å². The zero-order valence-electron chi connectivity index (χ0n) is 11.1. The molecule has 0 amide bonds. The Morgan fingerprint density at radius 2 is 1.42 bits per heavy atom. The molecule has 0 nitrogen and oxygen atoms in total. The average Bonchev–Trinajstić information content (AvgIpc) is 2.48. The molecule has 0 aliphatic carbocycles.